The second-order valence-electron chi connectivity index (χ2n) is 5.61. The maximum absolute atomic E-state index is 11.9. The van der Waals surface area contributed by atoms with Crippen LogP contribution in [0.2, 0.25) is 0 Å². The van der Waals surface area contributed by atoms with Crippen molar-refractivity contribution < 1.29 is 13.2 Å². The van der Waals surface area contributed by atoms with Crippen molar-refractivity contribution in [2.45, 2.75) is 45.4 Å². The average Bonchev–Trinajstić information content (AvgIpc) is 2.39. The van der Waals surface area contributed by atoms with Crippen LogP contribution in [0.5, 0.6) is 0 Å². The van der Waals surface area contributed by atoms with Crippen molar-refractivity contribution in [2.24, 2.45) is 11.1 Å². The summed E-state index contributed by atoms with van der Waals surface area (Å²) < 4.78 is 25.3. The summed E-state index contributed by atoms with van der Waals surface area (Å²) in [7, 11) is -3.27. The van der Waals surface area contributed by atoms with Crippen LogP contribution < -0.4 is 15.8 Å². The number of amides is 1. The highest BCUT2D eigenvalue weighted by atomic mass is 32.2. The molecule has 0 unspecified atom stereocenters. The van der Waals surface area contributed by atoms with E-state index in [1.807, 2.05) is 0 Å². The van der Waals surface area contributed by atoms with Gasteiger partial charge in [-0.15, -0.1) is 0 Å². The minimum Gasteiger partial charge on any atom is -0.355 e. The highest BCUT2D eigenvalue weighted by molar-refractivity contribution is 7.89. The monoisotopic (exact) mass is 305 g/mol. The first-order valence-electron chi connectivity index (χ1n) is 7.37. The van der Waals surface area contributed by atoms with Crippen LogP contribution in [-0.2, 0) is 14.8 Å². The van der Waals surface area contributed by atoms with E-state index in [0.29, 0.717) is 19.5 Å². The fraction of sp³-hybridized carbons (Fsp3) is 0.923. The van der Waals surface area contributed by atoms with Crippen LogP contribution in [0.4, 0.5) is 0 Å². The molecule has 7 heteroatoms. The molecule has 1 amide bonds. The number of carbonyl (C=O) groups excluding carboxylic acids is 1. The fourth-order valence-corrected chi connectivity index (χ4v) is 3.73. The number of rotatable bonds is 8. The molecule has 0 aromatic rings. The number of sulfonamides is 1. The average molecular weight is 305 g/mol. The van der Waals surface area contributed by atoms with Crippen LogP contribution in [0.15, 0.2) is 0 Å². The smallest absolute Gasteiger partial charge is 0.220 e. The predicted octanol–water partition coefficient (Wildman–Crippen LogP) is 0.341. The van der Waals surface area contributed by atoms with Crippen molar-refractivity contribution in [1.29, 1.82) is 0 Å². The summed E-state index contributed by atoms with van der Waals surface area (Å²) in [4.78, 5) is 11.9. The summed E-state index contributed by atoms with van der Waals surface area (Å²) in [5, 5.41) is 2.69. The van der Waals surface area contributed by atoms with E-state index in [0.717, 1.165) is 25.7 Å². The van der Waals surface area contributed by atoms with Crippen LogP contribution in [0.1, 0.15) is 45.4 Å². The lowest BCUT2D eigenvalue weighted by Gasteiger charge is -2.35. The zero-order valence-electron chi connectivity index (χ0n) is 12.3. The Morgan fingerprint density at radius 1 is 1.25 bits per heavy atom. The summed E-state index contributed by atoms with van der Waals surface area (Å²) in [5.41, 5.74) is 5.76. The van der Waals surface area contributed by atoms with Gasteiger partial charge in [-0.05, 0) is 24.8 Å². The fourth-order valence-electron chi connectivity index (χ4n) is 2.77. The molecule has 4 N–H and O–H groups in total. The van der Waals surface area contributed by atoms with Crippen molar-refractivity contribution >= 4 is 15.9 Å². The van der Waals surface area contributed by atoms with Crippen LogP contribution in [-0.4, -0.2) is 39.7 Å². The number of carbonyl (C=O) groups is 1. The molecule has 6 nitrogen and oxygen atoms in total. The lowest BCUT2D eigenvalue weighted by molar-refractivity contribution is -0.123. The molecule has 0 saturated heterocycles. The van der Waals surface area contributed by atoms with Gasteiger partial charge in [-0.1, -0.05) is 26.2 Å². The first-order valence-corrected chi connectivity index (χ1v) is 9.02. The molecule has 1 aliphatic rings. The van der Waals surface area contributed by atoms with Gasteiger partial charge in [0.2, 0.25) is 15.9 Å². The van der Waals surface area contributed by atoms with E-state index in [9.17, 15) is 13.2 Å². The van der Waals surface area contributed by atoms with E-state index in [1.165, 1.54) is 6.42 Å². The summed E-state index contributed by atoms with van der Waals surface area (Å²) in [5.74, 6) is -0.175. The van der Waals surface area contributed by atoms with Gasteiger partial charge < -0.3 is 11.1 Å². The lowest BCUT2D eigenvalue weighted by atomic mass is 9.72. The summed E-state index contributed by atoms with van der Waals surface area (Å²) in [6, 6.07) is 0. The van der Waals surface area contributed by atoms with E-state index in [2.05, 4.69) is 10.0 Å². The third kappa shape index (κ3) is 5.76. The van der Waals surface area contributed by atoms with Gasteiger partial charge in [0.1, 0.15) is 0 Å². The van der Waals surface area contributed by atoms with E-state index in [4.69, 9.17) is 5.73 Å². The number of hydrogen-bond acceptors (Lipinski definition) is 4. The Hall–Kier alpha value is -0.660. The summed E-state index contributed by atoms with van der Waals surface area (Å²) in [6.07, 6.45) is 5.85. The maximum Gasteiger partial charge on any atom is 0.220 e. The van der Waals surface area contributed by atoms with Crippen LogP contribution in [0, 0.1) is 5.41 Å². The number of hydrogen-bond donors (Lipinski definition) is 3. The molecule has 118 valence electrons. The second kappa shape index (κ2) is 7.95. The molecule has 0 bridgehead atoms. The van der Waals surface area contributed by atoms with Gasteiger partial charge in [-0.25, -0.2) is 13.1 Å². The zero-order valence-corrected chi connectivity index (χ0v) is 13.1. The topological polar surface area (TPSA) is 101 Å². The minimum atomic E-state index is -3.27. The van der Waals surface area contributed by atoms with E-state index in [-0.39, 0.29) is 23.6 Å². The van der Waals surface area contributed by atoms with Gasteiger partial charge in [0.15, 0.2) is 0 Å². The Balaban J connectivity index is 2.36. The van der Waals surface area contributed by atoms with Crippen molar-refractivity contribution in [3.63, 3.8) is 0 Å². The molecule has 0 atom stereocenters. The predicted molar refractivity (Wildman–Crippen MR) is 79.7 cm³/mol. The Bertz CT molecular complexity index is 403. The normalized spacial score (nSPS) is 18.7. The Morgan fingerprint density at radius 3 is 2.45 bits per heavy atom. The van der Waals surface area contributed by atoms with Crippen molar-refractivity contribution in [3.8, 4) is 0 Å². The molecular weight excluding hydrogens is 278 g/mol. The van der Waals surface area contributed by atoms with E-state index in [1.54, 1.807) is 6.92 Å². The van der Waals surface area contributed by atoms with E-state index < -0.39 is 10.0 Å². The third-order valence-electron chi connectivity index (χ3n) is 3.94. The molecule has 1 saturated carbocycles. The Labute approximate surface area is 121 Å². The Morgan fingerprint density at radius 2 is 1.90 bits per heavy atom. The van der Waals surface area contributed by atoms with Crippen LogP contribution in [0.3, 0.4) is 0 Å². The molecule has 0 aromatic carbocycles. The van der Waals surface area contributed by atoms with Gasteiger partial charge in [0.05, 0.1) is 5.75 Å². The quantitative estimate of drug-likeness (QED) is 0.602. The first-order chi connectivity index (χ1) is 9.43. The molecule has 1 aliphatic carbocycles. The van der Waals surface area contributed by atoms with Crippen LogP contribution in [0.25, 0.3) is 0 Å². The zero-order chi connectivity index (χ0) is 15.1. The molecule has 0 spiro atoms. The van der Waals surface area contributed by atoms with Gasteiger partial charge in [0.25, 0.3) is 0 Å². The SMILES string of the molecule is CCNS(=O)(=O)CCNC(=O)CC1(CN)CCCCC1. The second-order valence-corrected chi connectivity index (χ2v) is 7.53. The molecule has 1 fully saturated rings. The summed E-state index contributed by atoms with van der Waals surface area (Å²) in [6.45, 7) is 2.77. The lowest BCUT2D eigenvalue weighted by Crippen LogP contribution is -2.40. The maximum atomic E-state index is 11.9. The molecule has 20 heavy (non-hydrogen) atoms. The third-order valence-corrected chi connectivity index (χ3v) is 5.41. The molecular formula is C13H27N3O3S. The Kier molecular flexibility index (Phi) is 6.91. The van der Waals surface area contributed by atoms with Crippen LogP contribution >= 0.6 is 0 Å². The van der Waals surface area contributed by atoms with Crippen molar-refractivity contribution in [1.82, 2.24) is 10.0 Å². The van der Waals surface area contributed by atoms with Crippen molar-refractivity contribution in [3.05, 3.63) is 0 Å². The van der Waals surface area contributed by atoms with Crippen molar-refractivity contribution in [2.75, 3.05) is 25.4 Å². The largest absolute Gasteiger partial charge is 0.355 e. The summed E-state index contributed by atoms with van der Waals surface area (Å²) >= 11 is 0. The van der Waals surface area contributed by atoms with Gasteiger partial charge in [0, 0.05) is 19.5 Å². The van der Waals surface area contributed by atoms with Gasteiger partial charge in [-0.2, -0.15) is 0 Å². The molecule has 0 radical (unpaired) electrons. The molecule has 1 rings (SSSR count). The highest BCUT2D eigenvalue weighted by Crippen LogP contribution is 2.38. The number of nitrogens with one attached hydrogen (secondary N) is 2. The standard InChI is InChI=1S/C13H27N3O3S/c1-2-16-20(18,19)9-8-15-12(17)10-13(11-14)6-4-3-5-7-13/h16H,2-11,14H2,1H3,(H,15,17). The molecule has 0 aliphatic heterocycles. The minimum absolute atomic E-state index is 0.0805. The van der Waals surface area contributed by atoms with E-state index >= 15 is 0 Å². The van der Waals surface area contributed by atoms with Gasteiger partial charge >= 0.3 is 0 Å². The van der Waals surface area contributed by atoms with Gasteiger partial charge in [-0.3, -0.25) is 4.79 Å². The molecule has 0 aromatic heterocycles. The first kappa shape index (κ1) is 17.4. The number of nitrogens with two attached hydrogens (primary N) is 1. The highest BCUT2D eigenvalue weighted by Gasteiger charge is 2.32. The molecule has 0 heterocycles.